The number of aromatic nitrogens is 1. The number of rotatable bonds is 6. The molecule has 0 bridgehead atoms. The van der Waals surface area contributed by atoms with E-state index in [1.54, 1.807) is 12.1 Å². The van der Waals surface area contributed by atoms with E-state index in [0.29, 0.717) is 16.9 Å². The van der Waals surface area contributed by atoms with Crippen LogP contribution in [-0.4, -0.2) is 39.7 Å². The largest absolute Gasteiger partial charge is 0.491 e. The van der Waals surface area contributed by atoms with Crippen LogP contribution < -0.4 is 4.74 Å². The summed E-state index contributed by atoms with van der Waals surface area (Å²) < 4.78 is 6.63. The molecule has 30 heavy (non-hydrogen) atoms. The molecule has 0 amide bonds. The predicted molar refractivity (Wildman–Crippen MR) is 116 cm³/mol. The van der Waals surface area contributed by atoms with Gasteiger partial charge < -0.3 is 19.9 Å². The van der Waals surface area contributed by atoms with E-state index in [0.717, 1.165) is 26.6 Å². The lowest BCUT2D eigenvalue weighted by molar-refractivity contribution is -0.137. The lowest BCUT2D eigenvalue weighted by Crippen LogP contribution is -2.30. The van der Waals surface area contributed by atoms with Crippen molar-refractivity contribution >= 4 is 38.6 Å². The molecule has 1 aromatic heterocycles. The first-order valence-electron chi connectivity index (χ1n) is 9.72. The number of carboxylic acid groups (broad SMARTS) is 1. The van der Waals surface area contributed by atoms with Crippen molar-refractivity contribution in [3.05, 3.63) is 63.3 Å². The third kappa shape index (κ3) is 3.52. The lowest BCUT2D eigenvalue weighted by Gasteiger charge is -2.32. The number of aliphatic hydroxyl groups is 1. The summed E-state index contributed by atoms with van der Waals surface area (Å²) in [4.78, 5) is 27.4. The summed E-state index contributed by atoms with van der Waals surface area (Å²) in [6.45, 7) is 4.12. The van der Waals surface area contributed by atoms with Gasteiger partial charge >= 0.3 is 5.97 Å². The number of carboxylic acids is 1. The molecule has 1 aliphatic carbocycles. The zero-order valence-corrected chi connectivity index (χ0v) is 18.2. The second kappa shape index (κ2) is 7.56. The molecule has 3 N–H and O–H groups in total. The van der Waals surface area contributed by atoms with Gasteiger partial charge in [-0.05, 0) is 42.3 Å². The zero-order valence-electron chi connectivity index (χ0n) is 16.7. The maximum Gasteiger partial charge on any atom is 0.303 e. The molecule has 7 heteroatoms. The van der Waals surface area contributed by atoms with Crippen molar-refractivity contribution in [2.24, 2.45) is 0 Å². The number of aromatic amines is 1. The van der Waals surface area contributed by atoms with E-state index in [1.165, 1.54) is 0 Å². The van der Waals surface area contributed by atoms with Crippen LogP contribution in [-0.2, 0) is 10.2 Å². The summed E-state index contributed by atoms with van der Waals surface area (Å²) in [6, 6.07) is 11.2. The first-order chi connectivity index (χ1) is 14.2. The molecule has 1 heterocycles. The minimum Gasteiger partial charge on any atom is -0.491 e. The Morgan fingerprint density at radius 1 is 1.23 bits per heavy atom. The van der Waals surface area contributed by atoms with Gasteiger partial charge in [-0.1, -0.05) is 35.8 Å². The number of halogens is 1. The Hall–Kier alpha value is -2.64. The van der Waals surface area contributed by atoms with E-state index in [9.17, 15) is 14.7 Å². The Morgan fingerprint density at radius 2 is 2.00 bits per heavy atom. The van der Waals surface area contributed by atoms with Crippen molar-refractivity contribution in [2.45, 2.75) is 38.2 Å². The summed E-state index contributed by atoms with van der Waals surface area (Å²) in [5.41, 5.74) is 3.50. The highest BCUT2D eigenvalue weighted by Crippen LogP contribution is 2.44. The topological polar surface area (TPSA) is 99.6 Å². The van der Waals surface area contributed by atoms with Crippen molar-refractivity contribution in [3.8, 4) is 5.75 Å². The molecule has 0 radical (unpaired) electrons. The normalized spacial score (nSPS) is 15.5. The molecule has 6 nitrogen and oxygen atoms in total. The van der Waals surface area contributed by atoms with Gasteiger partial charge in [-0.2, -0.15) is 0 Å². The minimum atomic E-state index is -0.954. The summed E-state index contributed by atoms with van der Waals surface area (Å²) in [6.07, 6.45) is -0.862. The van der Waals surface area contributed by atoms with Crippen LogP contribution >= 0.6 is 15.9 Å². The van der Waals surface area contributed by atoms with Gasteiger partial charge in [0.1, 0.15) is 12.4 Å². The highest BCUT2D eigenvalue weighted by molar-refractivity contribution is 9.10. The monoisotopic (exact) mass is 471 g/mol. The molecule has 0 aliphatic heterocycles. The van der Waals surface area contributed by atoms with Crippen LogP contribution in [0.4, 0.5) is 0 Å². The zero-order chi connectivity index (χ0) is 21.6. The van der Waals surface area contributed by atoms with Crippen molar-refractivity contribution in [1.82, 2.24) is 4.98 Å². The first kappa shape index (κ1) is 20.6. The lowest BCUT2D eigenvalue weighted by atomic mass is 9.71. The molecular formula is C23H22BrNO5. The SMILES string of the molecule is CC1(C)c2cc(OCC(O)CCC(=O)O)ccc2C(=O)c2c1[nH]c1cc(Br)ccc21. The molecule has 0 saturated heterocycles. The predicted octanol–water partition coefficient (Wildman–Crippen LogP) is 4.41. The average Bonchev–Trinajstić information content (AvgIpc) is 3.09. The Bertz CT molecular complexity index is 1160. The van der Waals surface area contributed by atoms with Crippen molar-refractivity contribution < 1.29 is 24.5 Å². The fraction of sp³-hybridized carbons (Fsp3) is 0.304. The number of hydrogen-bond donors (Lipinski definition) is 3. The molecule has 3 aromatic rings. The second-order valence-corrected chi connectivity index (χ2v) is 9.04. The molecule has 2 aromatic carbocycles. The number of aliphatic carboxylic acids is 1. The van der Waals surface area contributed by atoms with Gasteiger partial charge in [-0.15, -0.1) is 0 Å². The molecule has 1 aliphatic rings. The van der Waals surface area contributed by atoms with E-state index in [2.05, 4.69) is 34.8 Å². The molecular weight excluding hydrogens is 450 g/mol. The summed E-state index contributed by atoms with van der Waals surface area (Å²) >= 11 is 3.48. The number of carbonyl (C=O) groups is 2. The Balaban J connectivity index is 1.66. The number of nitrogens with one attached hydrogen (secondary N) is 1. The number of hydrogen-bond acceptors (Lipinski definition) is 4. The molecule has 1 atom stereocenters. The molecule has 0 saturated carbocycles. The fourth-order valence-electron chi connectivity index (χ4n) is 4.04. The molecule has 156 valence electrons. The van der Waals surface area contributed by atoms with Gasteiger partial charge in [0.15, 0.2) is 5.78 Å². The number of ketones is 1. The highest BCUT2D eigenvalue weighted by atomic mass is 79.9. The van der Waals surface area contributed by atoms with E-state index < -0.39 is 17.5 Å². The van der Waals surface area contributed by atoms with Crippen LogP contribution in [0.25, 0.3) is 10.9 Å². The van der Waals surface area contributed by atoms with Crippen LogP contribution in [0, 0.1) is 0 Å². The fourth-order valence-corrected chi connectivity index (χ4v) is 4.40. The minimum absolute atomic E-state index is 0.00783. The standard InChI is InChI=1S/C23H22BrNO5/c1-23(2)17-10-14(30-11-13(26)4-8-19(27)28)5-7-15(17)21(29)20-16-6-3-12(24)9-18(16)25-22(20)23/h3,5-7,9-10,13,25-26H,4,8,11H2,1-2H3,(H,27,28). The third-order valence-electron chi connectivity index (χ3n) is 5.66. The van der Waals surface area contributed by atoms with Gasteiger partial charge in [0, 0.05) is 38.5 Å². The number of aliphatic hydroxyl groups excluding tert-OH is 1. The molecule has 0 spiro atoms. The van der Waals surface area contributed by atoms with E-state index in [4.69, 9.17) is 9.84 Å². The average molecular weight is 472 g/mol. The molecule has 1 unspecified atom stereocenters. The van der Waals surface area contributed by atoms with Gasteiger partial charge in [0.2, 0.25) is 0 Å². The van der Waals surface area contributed by atoms with Crippen molar-refractivity contribution in [1.29, 1.82) is 0 Å². The first-order valence-corrected chi connectivity index (χ1v) is 10.5. The highest BCUT2D eigenvalue weighted by Gasteiger charge is 2.39. The maximum atomic E-state index is 13.3. The maximum absolute atomic E-state index is 13.3. The van der Waals surface area contributed by atoms with Crippen molar-refractivity contribution in [2.75, 3.05) is 6.61 Å². The van der Waals surface area contributed by atoms with Crippen LogP contribution in [0.5, 0.6) is 5.75 Å². The molecule has 0 fully saturated rings. The second-order valence-electron chi connectivity index (χ2n) is 8.12. The van der Waals surface area contributed by atoms with E-state index in [-0.39, 0.29) is 25.2 Å². The number of ether oxygens (including phenoxy) is 1. The smallest absolute Gasteiger partial charge is 0.303 e. The Morgan fingerprint density at radius 3 is 2.73 bits per heavy atom. The summed E-state index contributed by atoms with van der Waals surface area (Å²) in [7, 11) is 0. The van der Waals surface area contributed by atoms with Crippen molar-refractivity contribution in [3.63, 3.8) is 0 Å². The van der Waals surface area contributed by atoms with Gasteiger partial charge in [0.05, 0.1) is 11.7 Å². The number of carbonyl (C=O) groups excluding carboxylic acids is 1. The van der Waals surface area contributed by atoms with Crippen LogP contribution in [0.1, 0.15) is 53.9 Å². The Labute approximate surface area is 182 Å². The third-order valence-corrected chi connectivity index (χ3v) is 6.15. The number of benzene rings is 2. The quantitative estimate of drug-likeness (QED) is 0.494. The van der Waals surface area contributed by atoms with E-state index >= 15 is 0 Å². The molecule has 4 rings (SSSR count). The number of fused-ring (bicyclic) bond motifs is 4. The summed E-state index contributed by atoms with van der Waals surface area (Å²) in [5, 5.41) is 19.5. The van der Waals surface area contributed by atoms with Gasteiger partial charge in [0.25, 0.3) is 0 Å². The Kier molecular flexibility index (Phi) is 5.20. The number of H-pyrrole nitrogens is 1. The summed E-state index contributed by atoms with van der Waals surface area (Å²) in [5.74, 6) is -0.448. The van der Waals surface area contributed by atoms with Crippen LogP contribution in [0.2, 0.25) is 0 Å². The van der Waals surface area contributed by atoms with Gasteiger partial charge in [-0.3, -0.25) is 9.59 Å². The van der Waals surface area contributed by atoms with Crippen LogP contribution in [0.15, 0.2) is 40.9 Å². The van der Waals surface area contributed by atoms with E-state index in [1.807, 2.05) is 24.3 Å². The van der Waals surface area contributed by atoms with Crippen LogP contribution in [0.3, 0.4) is 0 Å². The van der Waals surface area contributed by atoms with Gasteiger partial charge in [-0.25, -0.2) is 0 Å².